The zero-order chi connectivity index (χ0) is 11.6. The van der Waals surface area contributed by atoms with Crippen LogP contribution >= 0.6 is 0 Å². The molecule has 0 aromatic heterocycles. The van der Waals surface area contributed by atoms with Crippen molar-refractivity contribution in [3.63, 3.8) is 0 Å². The lowest BCUT2D eigenvalue weighted by atomic mass is 10.1. The predicted octanol–water partition coefficient (Wildman–Crippen LogP) is 3.37. The van der Waals surface area contributed by atoms with E-state index in [0.717, 1.165) is 6.42 Å². The van der Waals surface area contributed by atoms with Crippen LogP contribution < -0.4 is 0 Å². The van der Waals surface area contributed by atoms with Gasteiger partial charge in [0, 0.05) is 0 Å². The molecule has 0 heterocycles. The molecular formula is C11H26O2Si. The molecule has 3 heteroatoms. The predicted molar refractivity (Wildman–Crippen MR) is 63.7 cm³/mol. The van der Waals surface area contributed by atoms with E-state index in [0.29, 0.717) is 5.92 Å². The fourth-order valence-corrected chi connectivity index (χ4v) is 2.10. The molecule has 0 aliphatic heterocycles. The van der Waals surface area contributed by atoms with Crippen LogP contribution in [0.25, 0.3) is 0 Å². The summed E-state index contributed by atoms with van der Waals surface area (Å²) in [7, 11) is -1.78. The summed E-state index contributed by atoms with van der Waals surface area (Å²) in [5.41, 5.74) is 0. The molecule has 1 atom stereocenters. The van der Waals surface area contributed by atoms with Crippen LogP contribution in [0.4, 0.5) is 0 Å². The highest BCUT2D eigenvalue weighted by atomic mass is 28.4. The quantitative estimate of drug-likeness (QED) is 0.579. The van der Waals surface area contributed by atoms with Crippen molar-refractivity contribution in [1.82, 2.24) is 0 Å². The van der Waals surface area contributed by atoms with Crippen molar-refractivity contribution in [2.45, 2.75) is 65.5 Å². The van der Waals surface area contributed by atoms with E-state index in [-0.39, 0.29) is 5.04 Å². The number of rotatable bonds is 4. The fourth-order valence-electron chi connectivity index (χ4n) is 0.968. The Labute approximate surface area is 89.8 Å². The molecule has 2 nitrogen and oxygen atoms in total. The molecule has 0 saturated heterocycles. The van der Waals surface area contributed by atoms with Crippen LogP contribution in [0.1, 0.15) is 41.0 Å². The Morgan fingerprint density at radius 3 is 1.93 bits per heavy atom. The first-order chi connectivity index (χ1) is 6.06. The normalized spacial score (nSPS) is 16.1. The highest BCUT2D eigenvalue weighted by Crippen LogP contribution is 2.37. The van der Waals surface area contributed by atoms with Gasteiger partial charge >= 0.3 is 0 Å². The summed E-state index contributed by atoms with van der Waals surface area (Å²) in [6.45, 7) is 15.1. The molecule has 14 heavy (non-hydrogen) atoms. The maximum Gasteiger partial charge on any atom is 0.195 e. The van der Waals surface area contributed by atoms with E-state index < -0.39 is 14.6 Å². The first-order valence-corrected chi connectivity index (χ1v) is 8.33. The Morgan fingerprint density at radius 2 is 1.64 bits per heavy atom. The highest BCUT2D eigenvalue weighted by Gasteiger charge is 2.38. The first-order valence-electron chi connectivity index (χ1n) is 5.42. The smallest absolute Gasteiger partial charge is 0.195 e. The Kier molecular flexibility index (Phi) is 4.82. The van der Waals surface area contributed by atoms with Gasteiger partial charge in [-0.05, 0) is 30.5 Å². The van der Waals surface area contributed by atoms with Crippen molar-refractivity contribution in [2.75, 3.05) is 0 Å². The SMILES string of the molecule is CC(C)CC(O)O[Si](C)(C)C(C)(C)C. The molecule has 0 aliphatic carbocycles. The van der Waals surface area contributed by atoms with Crippen LogP contribution in [0, 0.1) is 5.92 Å². The Hall–Kier alpha value is 0.137. The zero-order valence-corrected chi connectivity index (χ0v) is 11.7. The summed E-state index contributed by atoms with van der Waals surface area (Å²) in [6.07, 6.45) is 0.142. The van der Waals surface area contributed by atoms with Crippen molar-refractivity contribution in [3.8, 4) is 0 Å². The van der Waals surface area contributed by atoms with Crippen molar-refractivity contribution in [1.29, 1.82) is 0 Å². The van der Waals surface area contributed by atoms with Gasteiger partial charge in [-0.15, -0.1) is 0 Å². The van der Waals surface area contributed by atoms with Gasteiger partial charge in [0.2, 0.25) is 0 Å². The van der Waals surface area contributed by atoms with E-state index in [1.807, 2.05) is 0 Å². The lowest BCUT2D eigenvalue weighted by Gasteiger charge is -2.38. The summed E-state index contributed by atoms with van der Waals surface area (Å²) in [5, 5.41) is 9.90. The monoisotopic (exact) mass is 218 g/mol. The van der Waals surface area contributed by atoms with Gasteiger partial charge in [0.1, 0.15) is 6.29 Å². The molecule has 0 radical (unpaired) electrons. The second kappa shape index (κ2) is 4.77. The van der Waals surface area contributed by atoms with E-state index in [1.165, 1.54) is 0 Å². The van der Waals surface area contributed by atoms with Crippen molar-refractivity contribution >= 4 is 8.32 Å². The van der Waals surface area contributed by atoms with Crippen LogP contribution in [0.15, 0.2) is 0 Å². The molecule has 0 amide bonds. The Balaban J connectivity index is 4.22. The molecule has 0 bridgehead atoms. The minimum Gasteiger partial charge on any atom is -0.392 e. The molecule has 1 unspecified atom stereocenters. The summed E-state index contributed by atoms with van der Waals surface area (Å²) in [4.78, 5) is 0. The molecule has 0 spiro atoms. The number of hydrogen-bond donors (Lipinski definition) is 1. The maximum atomic E-state index is 9.73. The number of aliphatic hydroxyl groups is 1. The molecule has 0 saturated carbocycles. The van der Waals surface area contributed by atoms with Gasteiger partial charge in [-0.3, -0.25) is 0 Å². The standard InChI is InChI=1S/C11H26O2Si/c1-9(2)8-10(12)13-14(6,7)11(3,4)5/h9-10,12H,8H2,1-7H3. The molecule has 0 aromatic rings. The van der Waals surface area contributed by atoms with Gasteiger partial charge in [0.25, 0.3) is 0 Å². The van der Waals surface area contributed by atoms with Gasteiger partial charge in [-0.25, -0.2) is 0 Å². The average molecular weight is 218 g/mol. The van der Waals surface area contributed by atoms with Crippen molar-refractivity contribution in [2.24, 2.45) is 5.92 Å². The Bertz CT molecular complexity index is 171. The lowest BCUT2D eigenvalue weighted by Crippen LogP contribution is -2.44. The first kappa shape index (κ1) is 14.1. The maximum absolute atomic E-state index is 9.73. The van der Waals surface area contributed by atoms with E-state index in [1.54, 1.807) is 0 Å². The fraction of sp³-hybridized carbons (Fsp3) is 1.00. The average Bonchev–Trinajstić information content (AvgIpc) is 1.79. The zero-order valence-electron chi connectivity index (χ0n) is 10.7. The largest absolute Gasteiger partial charge is 0.392 e. The van der Waals surface area contributed by atoms with Crippen molar-refractivity contribution < 1.29 is 9.53 Å². The van der Waals surface area contributed by atoms with Crippen LogP contribution in [0.3, 0.4) is 0 Å². The van der Waals surface area contributed by atoms with Gasteiger partial charge in [-0.2, -0.15) is 0 Å². The third-order valence-corrected chi connectivity index (χ3v) is 7.38. The van der Waals surface area contributed by atoms with Crippen molar-refractivity contribution in [3.05, 3.63) is 0 Å². The highest BCUT2D eigenvalue weighted by molar-refractivity contribution is 6.74. The third-order valence-electron chi connectivity index (χ3n) is 2.91. The number of hydrogen-bond acceptors (Lipinski definition) is 2. The molecule has 0 fully saturated rings. The molecule has 0 rings (SSSR count). The van der Waals surface area contributed by atoms with Gasteiger partial charge in [-0.1, -0.05) is 34.6 Å². The van der Waals surface area contributed by atoms with E-state index in [4.69, 9.17) is 4.43 Å². The molecule has 0 aliphatic rings. The van der Waals surface area contributed by atoms with Crippen LogP contribution in [-0.2, 0) is 4.43 Å². The summed E-state index contributed by atoms with van der Waals surface area (Å²) < 4.78 is 5.81. The van der Waals surface area contributed by atoms with Gasteiger partial charge in [0.05, 0.1) is 0 Å². The third kappa shape index (κ3) is 4.58. The van der Waals surface area contributed by atoms with Crippen LogP contribution in [-0.4, -0.2) is 19.7 Å². The topological polar surface area (TPSA) is 29.5 Å². The summed E-state index contributed by atoms with van der Waals surface area (Å²) in [6, 6.07) is 0. The van der Waals surface area contributed by atoms with E-state index in [9.17, 15) is 5.11 Å². The molecule has 1 N–H and O–H groups in total. The second-order valence-corrected chi connectivity index (χ2v) is 10.7. The summed E-state index contributed by atoms with van der Waals surface area (Å²) >= 11 is 0. The van der Waals surface area contributed by atoms with Gasteiger partial charge in [0.15, 0.2) is 8.32 Å². The second-order valence-electron chi connectivity index (χ2n) is 5.96. The van der Waals surface area contributed by atoms with E-state index in [2.05, 4.69) is 47.7 Å². The minimum absolute atomic E-state index is 0.172. The van der Waals surface area contributed by atoms with Crippen LogP contribution in [0.2, 0.25) is 18.1 Å². The summed E-state index contributed by atoms with van der Waals surface area (Å²) in [5.74, 6) is 0.481. The molecule has 0 aromatic carbocycles. The molecular weight excluding hydrogens is 192 g/mol. The van der Waals surface area contributed by atoms with E-state index >= 15 is 0 Å². The lowest BCUT2D eigenvalue weighted by molar-refractivity contribution is -0.0417. The Morgan fingerprint density at radius 1 is 1.21 bits per heavy atom. The minimum atomic E-state index is -1.78. The number of aliphatic hydroxyl groups excluding tert-OH is 1. The molecule has 86 valence electrons. The van der Waals surface area contributed by atoms with Crippen LogP contribution in [0.5, 0.6) is 0 Å². The van der Waals surface area contributed by atoms with Gasteiger partial charge < -0.3 is 9.53 Å².